The summed E-state index contributed by atoms with van der Waals surface area (Å²) in [7, 11) is 1.68. The third-order valence-electron chi connectivity index (χ3n) is 3.94. The molecular formula is C17H18FNO. The Bertz CT molecular complexity index is 593. The second-order valence-electron chi connectivity index (χ2n) is 5.27. The molecule has 0 unspecified atom stereocenters. The number of rotatable bonds is 4. The lowest BCUT2D eigenvalue weighted by atomic mass is 9.75. The van der Waals surface area contributed by atoms with E-state index < -0.39 is 0 Å². The van der Waals surface area contributed by atoms with Gasteiger partial charge in [0.2, 0.25) is 0 Å². The van der Waals surface area contributed by atoms with E-state index in [-0.39, 0.29) is 5.82 Å². The number of anilines is 1. The molecule has 0 aromatic heterocycles. The van der Waals surface area contributed by atoms with Crippen LogP contribution in [-0.4, -0.2) is 13.2 Å². The maximum atomic E-state index is 13.6. The maximum absolute atomic E-state index is 13.6. The highest BCUT2D eigenvalue weighted by molar-refractivity contribution is 5.46. The molecule has 3 heteroatoms. The molecule has 20 heavy (non-hydrogen) atoms. The first-order chi connectivity index (χ1) is 9.76. The van der Waals surface area contributed by atoms with Gasteiger partial charge in [0.1, 0.15) is 11.6 Å². The summed E-state index contributed by atoms with van der Waals surface area (Å²) in [6.45, 7) is 0. The van der Waals surface area contributed by atoms with Gasteiger partial charge in [-0.25, -0.2) is 4.39 Å². The first-order valence-electron chi connectivity index (χ1n) is 6.91. The lowest BCUT2D eigenvalue weighted by Crippen LogP contribution is -2.34. The minimum atomic E-state index is -0.183. The minimum absolute atomic E-state index is 0.183. The Morgan fingerprint density at radius 3 is 2.65 bits per heavy atom. The first kappa shape index (κ1) is 13.0. The van der Waals surface area contributed by atoms with E-state index >= 15 is 0 Å². The zero-order valence-electron chi connectivity index (χ0n) is 11.5. The van der Waals surface area contributed by atoms with E-state index in [4.69, 9.17) is 4.74 Å². The van der Waals surface area contributed by atoms with Crippen molar-refractivity contribution in [2.45, 2.75) is 24.8 Å². The van der Waals surface area contributed by atoms with Gasteiger partial charge < -0.3 is 10.1 Å². The predicted octanol–water partition coefficient (Wildman–Crippen LogP) is 4.19. The van der Waals surface area contributed by atoms with E-state index in [1.165, 1.54) is 11.6 Å². The highest BCUT2D eigenvalue weighted by atomic mass is 19.1. The summed E-state index contributed by atoms with van der Waals surface area (Å²) in [6, 6.07) is 15.4. The minimum Gasteiger partial charge on any atom is -0.497 e. The molecule has 1 aliphatic rings. The summed E-state index contributed by atoms with van der Waals surface area (Å²) in [5.41, 5.74) is 1.90. The fourth-order valence-corrected chi connectivity index (χ4v) is 2.70. The van der Waals surface area contributed by atoms with E-state index in [0.29, 0.717) is 17.6 Å². The van der Waals surface area contributed by atoms with Crippen molar-refractivity contribution in [3.05, 3.63) is 59.9 Å². The monoisotopic (exact) mass is 271 g/mol. The molecule has 0 saturated heterocycles. The number of methoxy groups -OCH3 is 1. The van der Waals surface area contributed by atoms with Crippen LogP contribution in [0.15, 0.2) is 48.5 Å². The fraction of sp³-hybridized carbons (Fsp3) is 0.294. The van der Waals surface area contributed by atoms with Gasteiger partial charge in [-0.1, -0.05) is 24.3 Å². The number of ether oxygens (including phenoxy) is 1. The zero-order chi connectivity index (χ0) is 13.9. The highest BCUT2D eigenvalue weighted by Crippen LogP contribution is 2.39. The Hall–Kier alpha value is -2.03. The van der Waals surface area contributed by atoms with Crippen molar-refractivity contribution in [3.63, 3.8) is 0 Å². The van der Waals surface area contributed by atoms with Crippen LogP contribution in [0, 0.1) is 5.82 Å². The molecule has 0 radical (unpaired) electrons. The second-order valence-corrected chi connectivity index (χ2v) is 5.27. The van der Waals surface area contributed by atoms with Gasteiger partial charge in [-0.05, 0) is 48.6 Å². The number of halogens is 1. The Morgan fingerprint density at radius 2 is 1.90 bits per heavy atom. The van der Waals surface area contributed by atoms with Crippen molar-refractivity contribution in [3.8, 4) is 5.75 Å². The molecule has 3 rings (SSSR count). The average Bonchev–Trinajstić information content (AvgIpc) is 2.44. The van der Waals surface area contributed by atoms with Crippen molar-refractivity contribution in [1.82, 2.24) is 0 Å². The van der Waals surface area contributed by atoms with Crippen LogP contribution in [0.2, 0.25) is 0 Å². The molecule has 0 aliphatic heterocycles. The van der Waals surface area contributed by atoms with Gasteiger partial charge in [-0.3, -0.25) is 0 Å². The Balaban J connectivity index is 1.60. The number of hydrogen-bond donors (Lipinski definition) is 1. The van der Waals surface area contributed by atoms with Crippen molar-refractivity contribution in [2.75, 3.05) is 12.4 Å². The second kappa shape index (κ2) is 5.53. The van der Waals surface area contributed by atoms with Gasteiger partial charge in [-0.2, -0.15) is 0 Å². The van der Waals surface area contributed by atoms with E-state index in [1.54, 1.807) is 19.2 Å². The van der Waals surface area contributed by atoms with Crippen LogP contribution in [0.4, 0.5) is 10.1 Å². The summed E-state index contributed by atoms with van der Waals surface area (Å²) in [5.74, 6) is 1.25. The largest absolute Gasteiger partial charge is 0.497 e. The van der Waals surface area contributed by atoms with Crippen LogP contribution in [0.3, 0.4) is 0 Å². The molecular weight excluding hydrogens is 253 g/mol. The molecule has 0 amide bonds. The van der Waals surface area contributed by atoms with Gasteiger partial charge >= 0.3 is 0 Å². The quantitative estimate of drug-likeness (QED) is 0.900. The summed E-state index contributed by atoms with van der Waals surface area (Å²) in [5, 5.41) is 3.27. The molecule has 2 nitrogen and oxygen atoms in total. The molecule has 0 bridgehead atoms. The molecule has 104 valence electrons. The van der Waals surface area contributed by atoms with E-state index in [9.17, 15) is 4.39 Å². The molecule has 2 aromatic carbocycles. The Labute approximate surface area is 118 Å². The van der Waals surface area contributed by atoms with Crippen molar-refractivity contribution in [2.24, 2.45) is 0 Å². The Kier molecular flexibility index (Phi) is 3.59. The predicted molar refractivity (Wildman–Crippen MR) is 78.8 cm³/mol. The number of hydrogen-bond acceptors (Lipinski definition) is 2. The van der Waals surface area contributed by atoms with Crippen LogP contribution in [0.25, 0.3) is 0 Å². The van der Waals surface area contributed by atoms with Crippen molar-refractivity contribution in [1.29, 1.82) is 0 Å². The third-order valence-corrected chi connectivity index (χ3v) is 3.94. The normalized spacial score (nSPS) is 21.1. The van der Waals surface area contributed by atoms with Gasteiger partial charge in [0, 0.05) is 6.04 Å². The van der Waals surface area contributed by atoms with E-state index in [0.717, 1.165) is 18.6 Å². The van der Waals surface area contributed by atoms with Crippen LogP contribution in [0.5, 0.6) is 5.75 Å². The van der Waals surface area contributed by atoms with Crippen LogP contribution in [0.1, 0.15) is 24.3 Å². The van der Waals surface area contributed by atoms with Crippen LogP contribution >= 0.6 is 0 Å². The molecule has 0 heterocycles. The molecule has 1 aliphatic carbocycles. The molecule has 1 N–H and O–H groups in total. The molecule has 2 aromatic rings. The molecule has 1 fully saturated rings. The summed E-state index contributed by atoms with van der Waals surface area (Å²) < 4.78 is 18.8. The lowest BCUT2D eigenvalue weighted by Gasteiger charge is -2.37. The van der Waals surface area contributed by atoms with E-state index in [2.05, 4.69) is 17.4 Å². The Morgan fingerprint density at radius 1 is 1.10 bits per heavy atom. The zero-order valence-corrected chi connectivity index (χ0v) is 11.5. The number of nitrogens with one attached hydrogen (secondary N) is 1. The first-order valence-corrected chi connectivity index (χ1v) is 6.91. The van der Waals surface area contributed by atoms with Crippen molar-refractivity contribution >= 4 is 5.69 Å². The summed E-state index contributed by atoms with van der Waals surface area (Å²) in [6.07, 6.45) is 2.06. The van der Waals surface area contributed by atoms with Crippen LogP contribution < -0.4 is 10.1 Å². The fourth-order valence-electron chi connectivity index (χ4n) is 2.70. The topological polar surface area (TPSA) is 21.3 Å². The summed E-state index contributed by atoms with van der Waals surface area (Å²) >= 11 is 0. The lowest BCUT2D eigenvalue weighted by molar-refractivity contribution is 0.369. The summed E-state index contributed by atoms with van der Waals surface area (Å²) in [4.78, 5) is 0. The standard InChI is InChI=1S/C17H18FNO/c1-20-15-6-4-5-12(11-15)13-9-14(10-13)19-17-8-3-2-7-16(17)18/h2-8,11,13-14,19H,9-10H2,1H3. The number of benzene rings is 2. The van der Waals surface area contributed by atoms with Gasteiger partial charge in [0.15, 0.2) is 0 Å². The van der Waals surface area contributed by atoms with Crippen LogP contribution in [-0.2, 0) is 0 Å². The average molecular weight is 271 g/mol. The van der Waals surface area contributed by atoms with Gasteiger partial charge in [0.05, 0.1) is 12.8 Å². The molecule has 0 atom stereocenters. The number of para-hydroxylation sites is 1. The maximum Gasteiger partial charge on any atom is 0.146 e. The van der Waals surface area contributed by atoms with E-state index in [1.807, 2.05) is 18.2 Å². The third kappa shape index (κ3) is 2.62. The SMILES string of the molecule is COc1cccc(C2CC(Nc3ccccc3F)C2)c1. The molecule has 1 saturated carbocycles. The van der Waals surface area contributed by atoms with Gasteiger partial charge in [-0.15, -0.1) is 0 Å². The highest BCUT2D eigenvalue weighted by Gasteiger charge is 2.30. The molecule has 0 spiro atoms. The van der Waals surface area contributed by atoms with Crippen molar-refractivity contribution < 1.29 is 9.13 Å². The van der Waals surface area contributed by atoms with Gasteiger partial charge in [0.25, 0.3) is 0 Å². The smallest absolute Gasteiger partial charge is 0.146 e.